The number of benzene rings is 1. The first-order chi connectivity index (χ1) is 7.36. The molecule has 2 heteroatoms. The van der Waals surface area contributed by atoms with Gasteiger partial charge in [-0.2, -0.15) is 0 Å². The molecule has 0 N–H and O–H groups in total. The van der Waals surface area contributed by atoms with Crippen molar-refractivity contribution in [3.8, 4) is 0 Å². The molecule has 0 aliphatic carbocycles. The van der Waals surface area contributed by atoms with E-state index >= 15 is 0 Å². The van der Waals surface area contributed by atoms with Gasteiger partial charge in [0, 0.05) is 37.2 Å². The van der Waals surface area contributed by atoms with Crippen LogP contribution in [0, 0.1) is 0 Å². The van der Waals surface area contributed by atoms with E-state index in [1.54, 1.807) is 0 Å². The van der Waals surface area contributed by atoms with Crippen molar-refractivity contribution < 1.29 is 0 Å². The predicted molar refractivity (Wildman–Crippen MR) is 64.4 cm³/mol. The zero-order valence-electron chi connectivity index (χ0n) is 9.11. The van der Waals surface area contributed by atoms with Crippen molar-refractivity contribution >= 4 is 16.6 Å². The smallest absolute Gasteiger partial charge is 0.0625 e. The first-order valence-corrected chi connectivity index (χ1v) is 5.65. The molecule has 0 unspecified atom stereocenters. The molecule has 2 aromatic rings. The van der Waals surface area contributed by atoms with Crippen LogP contribution in [0.15, 0.2) is 30.5 Å². The SMILES string of the molecule is Cn1cc(N2CCCC2)c2ccccc21. The highest BCUT2D eigenvalue weighted by Crippen LogP contribution is 2.30. The Hall–Kier alpha value is -1.44. The summed E-state index contributed by atoms with van der Waals surface area (Å²) >= 11 is 0. The summed E-state index contributed by atoms with van der Waals surface area (Å²) in [6, 6.07) is 8.65. The second-order valence-corrected chi connectivity index (χ2v) is 4.34. The van der Waals surface area contributed by atoms with Crippen LogP contribution in [0.3, 0.4) is 0 Å². The minimum Gasteiger partial charge on any atom is -0.370 e. The van der Waals surface area contributed by atoms with E-state index in [1.807, 2.05) is 0 Å². The standard InChI is InChI=1S/C13H16N2/c1-14-10-13(15-8-4-5-9-15)11-6-2-3-7-12(11)14/h2-3,6-7,10H,4-5,8-9H2,1H3. The molecular weight excluding hydrogens is 184 g/mol. The lowest BCUT2D eigenvalue weighted by Gasteiger charge is -2.15. The average Bonchev–Trinajstić information content (AvgIpc) is 2.87. The van der Waals surface area contributed by atoms with Crippen LogP contribution in [-0.4, -0.2) is 17.7 Å². The number of aromatic nitrogens is 1. The van der Waals surface area contributed by atoms with Gasteiger partial charge in [0.1, 0.15) is 0 Å². The number of rotatable bonds is 1. The number of anilines is 1. The van der Waals surface area contributed by atoms with Gasteiger partial charge in [-0.1, -0.05) is 18.2 Å². The molecule has 3 rings (SSSR count). The Bertz CT molecular complexity index is 478. The topological polar surface area (TPSA) is 8.17 Å². The van der Waals surface area contributed by atoms with Crippen LogP contribution in [-0.2, 0) is 7.05 Å². The molecule has 0 saturated carbocycles. The van der Waals surface area contributed by atoms with Crippen molar-refractivity contribution in [3.63, 3.8) is 0 Å². The van der Waals surface area contributed by atoms with Gasteiger partial charge in [-0.25, -0.2) is 0 Å². The number of hydrogen-bond acceptors (Lipinski definition) is 1. The summed E-state index contributed by atoms with van der Waals surface area (Å²) in [5, 5.41) is 1.39. The van der Waals surface area contributed by atoms with E-state index in [0.717, 1.165) is 0 Å². The number of para-hydroxylation sites is 1. The molecule has 1 aliphatic heterocycles. The van der Waals surface area contributed by atoms with Gasteiger partial charge in [0.25, 0.3) is 0 Å². The van der Waals surface area contributed by atoms with Gasteiger partial charge in [-0.15, -0.1) is 0 Å². The molecule has 1 fully saturated rings. The minimum atomic E-state index is 1.22. The molecule has 0 amide bonds. The summed E-state index contributed by atoms with van der Waals surface area (Å²) in [6.45, 7) is 2.43. The highest BCUT2D eigenvalue weighted by Gasteiger charge is 2.16. The van der Waals surface area contributed by atoms with Gasteiger partial charge in [0.2, 0.25) is 0 Å². The molecule has 1 aromatic heterocycles. The van der Waals surface area contributed by atoms with E-state index < -0.39 is 0 Å². The maximum absolute atomic E-state index is 2.50. The number of nitrogens with zero attached hydrogens (tertiary/aromatic N) is 2. The summed E-state index contributed by atoms with van der Waals surface area (Å²) in [4.78, 5) is 2.50. The van der Waals surface area contributed by atoms with Crippen molar-refractivity contribution in [1.82, 2.24) is 4.57 Å². The van der Waals surface area contributed by atoms with Crippen LogP contribution < -0.4 is 4.90 Å². The third-order valence-electron chi connectivity index (χ3n) is 3.32. The Morgan fingerprint density at radius 1 is 1.07 bits per heavy atom. The van der Waals surface area contributed by atoms with Crippen molar-refractivity contribution in [2.24, 2.45) is 7.05 Å². The highest BCUT2D eigenvalue weighted by atomic mass is 15.2. The molecule has 1 aliphatic rings. The lowest BCUT2D eigenvalue weighted by Crippen LogP contribution is -2.16. The van der Waals surface area contributed by atoms with E-state index in [4.69, 9.17) is 0 Å². The lowest BCUT2D eigenvalue weighted by molar-refractivity contribution is 0.936. The maximum atomic E-state index is 2.50. The molecule has 2 heterocycles. The fourth-order valence-corrected chi connectivity index (χ4v) is 2.53. The first kappa shape index (κ1) is 8.84. The lowest BCUT2D eigenvalue weighted by atomic mass is 10.2. The van der Waals surface area contributed by atoms with Crippen molar-refractivity contribution in [1.29, 1.82) is 0 Å². The molecule has 78 valence electrons. The highest BCUT2D eigenvalue weighted by molar-refractivity contribution is 5.93. The van der Waals surface area contributed by atoms with Gasteiger partial charge < -0.3 is 9.47 Å². The molecule has 0 atom stereocenters. The van der Waals surface area contributed by atoms with Crippen LogP contribution >= 0.6 is 0 Å². The Labute approximate surface area is 90.1 Å². The zero-order chi connectivity index (χ0) is 10.3. The van der Waals surface area contributed by atoms with E-state index in [-0.39, 0.29) is 0 Å². The fraction of sp³-hybridized carbons (Fsp3) is 0.385. The van der Waals surface area contributed by atoms with E-state index in [0.29, 0.717) is 0 Å². The molecule has 1 aromatic carbocycles. The van der Waals surface area contributed by atoms with Crippen LogP contribution in [0.25, 0.3) is 10.9 Å². The Kier molecular flexibility index (Phi) is 1.94. The summed E-state index contributed by atoms with van der Waals surface area (Å²) in [5.41, 5.74) is 2.74. The van der Waals surface area contributed by atoms with Crippen molar-refractivity contribution in [2.45, 2.75) is 12.8 Å². The summed E-state index contributed by atoms with van der Waals surface area (Å²) in [6.07, 6.45) is 4.93. The summed E-state index contributed by atoms with van der Waals surface area (Å²) in [7, 11) is 2.13. The minimum absolute atomic E-state index is 1.22. The normalized spacial score (nSPS) is 16.5. The number of aryl methyl sites for hydroxylation is 1. The largest absolute Gasteiger partial charge is 0.370 e. The molecule has 15 heavy (non-hydrogen) atoms. The third-order valence-corrected chi connectivity index (χ3v) is 3.32. The average molecular weight is 200 g/mol. The Morgan fingerprint density at radius 3 is 2.60 bits per heavy atom. The van der Waals surface area contributed by atoms with Crippen molar-refractivity contribution in [2.75, 3.05) is 18.0 Å². The molecule has 2 nitrogen and oxygen atoms in total. The van der Waals surface area contributed by atoms with Gasteiger partial charge in [0.05, 0.1) is 5.69 Å². The van der Waals surface area contributed by atoms with Gasteiger partial charge in [0.15, 0.2) is 0 Å². The monoisotopic (exact) mass is 200 g/mol. The van der Waals surface area contributed by atoms with E-state index in [2.05, 4.69) is 47.0 Å². The molecule has 0 radical (unpaired) electrons. The van der Waals surface area contributed by atoms with Crippen molar-refractivity contribution in [3.05, 3.63) is 30.5 Å². The number of fused-ring (bicyclic) bond motifs is 1. The summed E-state index contributed by atoms with van der Waals surface area (Å²) < 4.78 is 2.23. The van der Waals surface area contributed by atoms with Gasteiger partial charge >= 0.3 is 0 Å². The zero-order valence-corrected chi connectivity index (χ0v) is 9.11. The van der Waals surface area contributed by atoms with Crippen LogP contribution in [0.2, 0.25) is 0 Å². The second kappa shape index (κ2) is 3.30. The third kappa shape index (κ3) is 1.32. The molecule has 0 bridgehead atoms. The van der Waals surface area contributed by atoms with Crippen LogP contribution in [0.1, 0.15) is 12.8 Å². The van der Waals surface area contributed by atoms with E-state index in [1.165, 1.54) is 42.5 Å². The molecule has 0 spiro atoms. The Morgan fingerprint density at radius 2 is 1.80 bits per heavy atom. The Balaban J connectivity index is 2.17. The molecular formula is C13H16N2. The molecule has 1 saturated heterocycles. The summed E-state index contributed by atoms with van der Waals surface area (Å²) in [5.74, 6) is 0. The maximum Gasteiger partial charge on any atom is 0.0625 e. The fourth-order valence-electron chi connectivity index (χ4n) is 2.53. The first-order valence-electron chi connectivity index (χ1n) is 5.65. The van der Waals surface area contributed by atoms with Crippen LogP contribution in [0.5, 0.6) is 0 Å². The number of hydrogen-bond donors (Lipinski definition) is 0. The van der Waals surface area contributed by atoms with Gasteiger partial charge in [-0.3, -0.25) is 0 Å². The van der Waals surface area contributed by atoms with E-state index in [9.17, 15) is 0 Å². The second-order valence-electron chi connectivity index (χ2n) is 4.34. The van der Waals surface area contributed by atoms with Gasteiger partial charge in [-0.05, 0) is 18.9 Å². The quantitative estimate of drug-likeness (QED) is 0.687. The van der Waals surface area contributed by atoms with Crippen LogP contribution in [0.4, 0.5) is 5.69 Å². The predicted octanol–water partition coefficient (Wildman–Crippen LogP) is 2.78.